The minimum atomic E-state index is -0.490. The van der Waals surface area contributed by atoms with Gasteiger partial charge in [-0.3, -0.25) is 14.9 Å². The number of nitrogens with zero attached hydrogens (tertiary/aromatic N) is 1. The number of nitrogens with one attached hydrogen (secondary N) is 2. The molecule has 0 bridgehead atoms. The van der Waals surface area contributed by atoms with Crippen molar-refractivity contribution in [3.05, 3.63) is 62.7 Å². The molecule has 7 nitrogen and oxygen atoms in total. The fourth-order valence-electron chi connectivity index (χ4n) is 2.08. The molecule has 1 amide bonds. The van der Waals surface area contributed by atoms with Crippen molar-refractivity contribution in [3.63, 3.8) is 0 Å². The second kappa shape index (κ2) is 7.76. The number of amides is 1. The first-order valence-corrected chi connectivity index (χ1v) is 7.46. The molecule has 0 aliphatic rings. The Hall–Kier alpha value is -2.64. The number of aliphatic hydroxyl groups is 1. The number of hydrogen-bond acceptors (Lipinski definition) is 5. The van der Waals surface area contributed by atoms with Gasteiger partial charge < -0.3 is 15.7 Å². The average molecular weight is 350 g/mol. The first-order chi connectivity index (χ1) is 11.4. The number of carbonyl (C=O) groups excluding carboxylic acids is 1. The molecule has 2 aromatic carbocycles. The monoisotopic (exact) mass is 349 g/mol. The number of carbonyl (C=O) groups is 1. The molecule has 2 aromatic rings. The maximum Gasteiger partial charge on any atom is 0.269 e. The Balaban J connectivity index is 2.00. The number of benzene rings is 2. The van der Waals surface area contributed by atoms with Crippen LogP contribution in [0.4, 0.5) is 17.1 Å². The summed E-state index contributed by atoms with van der Waals surface area (Å²) in [7, 11) is 0. The molecule has 0 saturated carbocycles. The van der Waals surface area contributed by atoms with Crippen molar-refractivity contribution in [1.82, 2.24) is 0 Å². The standard InChI is InChI=1S/C16H16ClN3O4/c1-10-6-12(20(23)24)3-5-14(10)19-16(22)8-18-15-7-11(9-21)2-4-13(15)17/h2-7,18,21H,8-9H2,1H3,(H,19,22). The zero-order valence-corrected chi connectivity index (χ0v) is 13.6. The molecule has 2 rings (SSSR count). The van der Waals surface area contributed by atoms with Crippen LogP contribution in [-0.4, -0.2) is 22.5 Å². The fourth-order valence-corrected chi connectivity index (χ4v) is 2.26. The van der Waals surface area contributed by atoms with Gasteiger partial charge in [0.25, 0.3) is 5.69 Å². The lowest BCUT2D eigenvalue weighted by Gasteiger charge is -2.11. The van der Waals surface area contributed by atoms with Gasteiger partial charge in [-0.25, -0.2) is 0 Å². The van der Waals surface area contributed by atoms with Gasteiger partial charge in [-0.05, 0) is 36.2 Å². The maximum atomic E-state index is 12.0. The van der Waals surface area contributed by atoms with Crippen LogP contribution < -0.4 is 10.6 Å². The molecule has 0 aliphatic carbocycles. The smallest absolute Gasteiger partial charge is 0.269 e. The van der Waals surface area contributed by atoms with Gasteiger partial charge in [0.15, 0.2) is 0 Å². The van der Waals surface area contributed by atoms with Crippen molar-refractivity contribution < 1.29 is 14.8 Å². The fraction of sp³-hybridized carbons (Fsp3) is 0.188. The van der Waals surface area contributed by atoms with E-state index in [1.807, 2.05) is 0 Å². The summed E-state index contributed by atoms with van der Waals surface area (Å²) in [6.45, 7) is 1.52. The molecular weight excluding hydrogens is 334 g/mol. The van der Waals surface area contributed by atoms with Crippen LogP contribution in [0.25, 0.3) is 0 Å². The largest absolute Gasteiger partial charge is 0.392 e. The van der Waals surface area contributed by atoms with Gasteiger partial charge >= 0.3 is 0 Å². The topological polar surface area (TPSA) is 105 Å². The van der Waals surface area contributed by atoms with E-state index in [4.69, 9.17) is 16.7 Å². The zero-order chi connectivity index (χ0) is 17.7. The number of hydrogen-bond donors (Lipinski definition) is 3. The maximum absolute atomic E-state index is 12.0. The highest BCUT2D eigenvalue weighted by molar-refractivity contribution is 6.33. The summed E-state index contributed by atoms with van der Waals surface area (Å²) in [5.41, 5.74) is 2.28. The minimum Gasteiger partial charge on any atom is -0.392 e. The summed E-state index contributed by atoms with van der Waals surface area (Å²) >= 11 is 6.03. The molecule has 24 heavy (non-hydrogen) atoms. The highest BCUT2D eigenvalue weighted by Crippen LogP contribution is 2.23. The molecule has 8 heteroatoms. The summed E-state index contributed by atoms with van der Waals surface area (Å²) < 4.78 is 0. The molecule has 0 fully saturated rings. The van der Waals surface area contributed by atoms with Gasteiger partial charge in [-0.15, -0.1) is 0 Å². The summed E-state index contributed by atoms with van der Waals surface area (Å²) in [4.78, 5) is 22.2. The van der Waals surface area contributed by atoms with Gasteiger partial charge in [-0.1, -0.05) is 17.7 Å². The van der Waals surface area contributed by atoms with Crippen LogP contribution in [0.15, 0.2) is 36.4 Å². The van der Waals surface area contributed by atoms with Crippen LogP contribution in [0.1, 0.15) is 11.1 Å². The number of aliphatic hydroxyl groups excluding tert-OH is 1. The molecule has 0 aromatic heterocycles. The number of non-ortho nitro benzene ring substituents is 1. The number of anilines is 2. The molecule has 126 valence electrons. The Morgan fingerprint density at radius 1 is 1.25 bits per heavy atom. The predicted molar refractivity (Wildman–Crippen MR) is 92.3 cm³/mol. The molecule has 0 atom stereocenters. The van der Waals surface area contributed by atoms with Crippen molar-refractivity contribution in [2.24, 2.45) is 0 Å². The highest BCUT2D eigenvalue weighted by atomic mass is 35.5. The average Bonchev–Trinajstić information content (AvgIpc) is 2.55. The Kier molecular flexibility index (Phi) is 5.73. The minimum absolute atomic E-state index is 0.0313. The van der Waals surface area contributed by atoms with Crippen LogP contribution in [-0.2, 0) is 11.4 Å². The molecule has 0 aliphatic heterocycles. The molecule has 0 saturated heterocycles. The second-order valence-electron chi connectivity index (χ2n) is 5.13. The summed E-state index contributed by atoms with van der Waals surface area (Å²) in [6.07, 6.45) is 0. The van der Waals surface area contributed by atoms with E-state index in [2.05, 4.69) is 10.6 Å². The zero-order valence-electron chi connectivity index (χ0n) is 12.9. The lowest BCUT2D eigenvalue weighted by molar-refractivity contribution is -0.384. The molecule has 0 radical (unpaired) electrons. The first kappa shape index (κ1) is 17.7. The van der Waals surface area contributed by atoms with Crippen LogP contribution in [0.2, 0.25) is 5.02 Å². The third-order valence-electron chi connectivity index (χ3n) is 3.35. The third-order valence-corrected chi connectivity index (χ3v) is 3.68. The van der Waals surface area contributed by atoms with E-state index in [1.165, 1.54) is 18.2 Å². The number of nitro benzene ring substituents is 1. The Bertz CT molecular complexity index is 780. The quantitative estimate of drug-likeness (QED) is 0.549. The van der Waals surface area contributed by atoms with Crippen molar-refractivity contribution in [2.75, 3.05) is 17.2 Å². The van der Waals surface area contributed by atoms with E-state index >= 15 is 0 Å². The summed E-state index contributed by atoms with van der Waals surface area (Å²) in [5.74, 6) is -0.322. The van der Waals surface area contributed by atoms with E-state index in [-0.39, 0.29) is 24.7 Å². The van der Waals surface area contributed by atoms with Gasteiger partial charge in [0, 0.05) is 17.8 Å². The molecular formula is C16H16ClN3O4. The van der Waals surface area contributed by atoms with E-state index < -0.39 is 4.92 Å². The Morgan fingerprint density at radius 2 is 2.00 bits per heavy atom. The normalized spacial score (nSPS) is 10.3. The number of nitro groups is 1. The molecule has 0 heterocycles. The van der Waals surface area contributed by atoms with Crippen molar-refractivity contribution in [2.45, 2.75) is 13.5 Å². The number of aryl methyl sites for hydroxylation is 1. The van der Waals surface area contributed by atoms with Gasteiger partial charge in [0.1, 0.15) is 0 Å². The lowest BCUT2D eigenvalue weighted by atomic mass is 10.2. The molecule has 3 N–H and O–H groups in total. The molecule has 0 unspecified atom stereocenters. The van der Waals surface area contributed by atoms with Crippen LogP contribution in [0.5, 0.6) is 0 Å². The van der Waals surface area contributed by atoms with E-state index in [9.17, 15) is 14.9 Å². The number of rotatable bonds is 6. The Labute approximate surface area is 143 Å². The van der Waals surface area contributed by atoms with Crippen LogP contribution in [0.3, 0.4) is 0 Å². The van der Waals surface area contributed by atoms with Crippen LogP contribution >= 0.6 is 11.6 Å². The van der Waals surface area contributed by atoms with Gasteiger partial charge in [-0.2, -0.15) is 0 Å². The van der Waals surface area contributed by atoms with E-state index in [1.54, 1.807) is 25.1 Å². The lowest BCUT2D eigenvalue weighted by Crippen LogP contribution is -2.22. The van der Waals surface area contributed by atoms with Gasteiger partial charge in [0.05, 0.1) is 28.8 Å². The first-order valence-electron chi connectivity index (χ1n) is 7.08. The van der Waals surface area contributed by atoms with Crippen molar-refractivity contribution in [1.29, 1.82) is 0 Å². The van der Waals surface area contributed by atoms with Crippen LogP contribution in [0, 0.1) is 17.0 Å². The Morgan fingerprint density at radius 3 is 2.62 bits per heavy atom. The van der Waals surface area contributed by atoms with E-state index in [0.717, 1.165) is 0 Å². The summed E-state index contributed by atoms with van der Waals surface area (Å²) in [5, 5.41) is 25.8. The van der Waals surface area contributed by atoms with E-state index in [0.29, 0.717) is 27.5 Å². The third kappa shape index (κ3) is 4.43. The highest BCUT2D eigenvalue weighted by Gasteiger charge is 2.11. The van der Waals surface area contributed by atoms with Crippen molar-refractivity contribution in [3.8, 4) is 0 Å². The van der Waals surface area contributed by atoms with Gasteiger partial charge in [0.2, 0.25) is 5.91 Å². The number of halogens is 1. The second-order valence-corrected chi connectivity index (χ2v) is 5.54. The van der Waals surface area contributed by atoms with Crippen molar-refractivity contribution >= 4 is 34.6 Å². The predicted octanol–water partition coefficient (Wildman–Crippen LogP) is 3.10. The molecule has 0 spiro atoms. The SMILES string of the molecule is Cc1cc([N+](=O)[O-])ccc1NC(=O)CNc1cc(CO)ccc1Cl. The summed E-state index contributed by atoms with van der Waals surface area (Å²) in [6, 6.07) is 9.20.